The summed E-state index contributed by atoms with van der Waals surface area (Å²) in [5, 5.41) is 7.42. The zero-order valence-corrected chi connectivity index (χ0v) is 11.4. The highest BCUT2D eigenvalue weighted by molar-refractivity contribution is 7.09. The molecular weight excluding hydrogens is 260 g/mol. The second-order valence-electron chi connectivity index (χ2n) is 4.35. The first-order valence-electron chi connectivity index (χ1n) is 6.25. The summed E-state index contributed by atoms with van der Waals surface area (Å²) in [6.07, 6.45) is 3.80. The molecule has 0 amide bonds. The van der Waals surface area contributed by atoms with Gasteiger partial charge in [-0.15, -0.1) is 16.4 Å². The monoisotopic (exact) mass is 274 g/mol. The minimum absolute atomic E-state index is 0.124. The third-order valence-corrected chi connectivity index (χ3v) is 3.82. The van der Waals surface area contributed by atoms with E-state index in [9.17, 15) is 4.79 Å². The van der Waals surface area contributed by atoms with Crippen molar-refractivity contribution in [2.45, 2.75) is 26.3 Å². The second kappa shape index (κ2) is 4.97. The van der Waals surface area contributed by atoms with Gasteiger partial charge in [-0.1, -0.05) is 13.0 Å². The summed E-state index contributed by atoms with van der Waals surface area (Å²) in [6, 6.07) is 5.51. The van der Waals surface area contributed by atoms with Crippen molar-refractivity contribution in [2.75, 3.05) is 0 Å². The predicted octanol–water partition coefficient (Wildman–Crippen LogP) is 1.95. The van der Waals surface area contributed by atoms with Gasteiger partial charge < -0.3 is 0 Å². The lowest BCUT2D eigenvalue weighted by Gasteiger charge is -1.94. The molecule has 0 fully saturated rings. The van der Waals surface area contributed by atoms with E-state index in [1.165, 1.54) is 4.68 Å². The van der Waals surface area contributed by atoms with E-state index in [0.29, 0.717) is 12.2 Å². The van der Waals surface area contributed by atoms with Gasteiger partial charge in [0.25, 0.3) is 0 Å². The third-order valence-electron chi connectivity index (χ3n) is 2.86. The Hall–Kier alpha value is -1.95. The molecule has 0 aliphatic rings. The number of thiazole rings is 1. The number of pyridine rings is 1. The van der Waals surface area contributed by atoms with Crippen LogP contribution in [0.4, 0.5) is 0 Å². The molecule has 5 nitrogen and oxygen atoms in total. The average Bonchev–Trinajstić information content (AvgIpc) is 2.97. The Bertz CT molecular complexity index is 755. The highest BCUT2D eigenvalue weighted by Gasteiger charge is 2.08. The minimum atomic E-state index is -0.124. The van der Waals surface area contributed by atoms with E-state index in [1.807, 2.05) is 23.6 Å². The summed E-state index contributed by atoms with van der Waals surface area (Å²) < 4.78 is 3.00. The fourth-order valence-corrected chi connectivity index (χ4v) is 2.87. The maximum atomic E-state index is 12.1. The molecular formula is C13H14N4OS. The van der Waals surface area contributed by atoms with Crippen molar-refractivity contribution in [3.63, 3.8) is 0 Å². The van der Waals surface area contributed by atoms with Crippen LogP contribution < -0.4 is 5.69 Å². The third kappa shape index (κ3) is 2.31. The van der Waals surface area contributed by atoms with Gasteiger partial charge in [-0.25, -0.2) is 14.5 Å². The molecule has 3 aromatic heterocycles. The molecule has 19 heavy (non-hydrogen) atoms. The van der Waals surface area contributed by atoms with Crippen molar-refractivity contribution in [3.05, 3.63) is 51.0 Å². The minimum Gasteiger partial charge on any atom is -0.250 e. The molecule has 0 aliphatic heterocycles. The molecule has 3 aromatic rings. The van der Waals surface area contributed by atoms with E-state index in [0.717, 1.165) is 23.5 Å². The Morgan fingerprint density at radius 2 is 2.26 bits per heavy atom. The van der Waals surface area contributed by atoms with Crippen LogP contribution in [0.2, 0.25) is 0 Å². The van der Waals surface area contributed by atoms with Crippen LogP contribution in [0.1, 0.15) is 24.0 Å². The Labute approximate surface area is 114 Å². The molecule has 0 unspecified atom stereocenters. The molecule has 0 spiro atoms. The molecule has 0 N–H and O–H groups in total. The summed E-state index contributed by atoms with van der Waals surface area (Å²) >= 11 is 1.65. The van der Waals surface area contributed by atoms with E-state index < -0.39 is 0 Å². The standard InChI is InChI=1S/C13H14N4OS/c1-2-5-12-14-10(9-19-12)8-17-13(18)16-7-4-3-6-11(16)15-17/h3-4,6-7,9H,2,5,8H2,1H3. The fourth-order valence-electron chi connectivity index (χ4n) is 1.97. The molecule has 0 saturated heterocycles. The first-order valence-corrected chi connectivity index (χ1v) is 7.13. The van der Waals surface area contributed by atoms with Crippen LogP contribution in [-0.2, 0) is 13.0 Å². The van der Waals surface area contributed by atoms with Crippen molar-refractivity contribution in [3.8, 4) is 0 Å². The van der Waals surface area contributed by atoms with Gasteiger partial charge in [0.1, 0.15) is 0 Å². The molecule has 0 saturated carbocycles. The van der Waals surface area contributed by atoms with Gasteiger partial charge in [0.2, 0.25) is 0 Å². The van der Waals surface area contributed by atoms with Crippen molar-refractivity contribution < 1.29 is 0 Å². The molecule has 98 valence electrons. The van der Waals surface area contributed by atoms with E-state index in [-0.39, 0.29) is 5.69 Å². The Morgan fingerprint density at radius 1 is 1.37 bits per heavy atom. The van der Waals surface area contributed by atoms with Crippen LogP contribution in [-0.4, -0.2) is 19.2 Å². The Kier molecular flexibility index (Phi) is 3.16. The Morgan fingerprint density at radius 3 is 3.05 bits per heavy atom. The number of nitrogens with zero attached hydrogens (tertiary/aromatic N) is 4. The van der Waals surface area contributed by atoms with Gasteiger partial charge in [-0.05, 0) is 25.0 Å². The average molecular weight is 274 g/mol. The first kappa shape index (κ1) is 12.1. The van der Waals surface area contributed by atoms with Crippen LogP contribution in [0, 0.1) is 0 Å². The zero-order valence-electron chi connectivity index (χ0n) is 10.6. The van der Waals surface area contributed by atoms with E-state index in [4.69, 9.17) is 0 Å². The first-order chi connectivity index (χ1) is 9.28. The van der Waals surface area contributed by atoms with Gasteiger partial charge in [0.05, 0.1) is 17.2 Å². The van der Waals surface area contributed by atoms with Crippen LogP contribution >= 0.6 is 11.3 Å². The van der Waals surface area contributed by atoms with Gasteiger partial charge in [-0.2, -0.15) is 0 Å². The number of hydrogen-bond acceptors (Lipinski definition) is 4. The summed E-state index contributed by atoms with van der Waals surface area (Å²) in [5.41, 5.74) is 1.44. The van der Waals surface area contributed by atoms with Crippen LogP contribution in [0.3, 0.4) is 0 Å². The van der Waals surface area contributed by atoms with Gasteiger partial charge in [-0.3, -0.25) is 4.40 Å². The summed E-state index contributed by atoms with van der Waals surface area (Å²) in [5.74, 6) is 0. The summed E-state index contributed by atoms with van der Waals surface area (Å²) in [6.45, 7) is 2.56. The Balaban J connectivity index is 1.92. The predicted molar refractivity (Wildman–Crippen MR) is 74.7 cm³/mol. The molecule has 0 aromatic carbocycles. The van der Waals surface area contributed by atoms with Crippen LogP contribution in [0.5, 0.6) is 0 Å². The van der Waals surface area contributed by atoms with Crippen molar-refractivity contribution in [1.82, 2.24) is 19.2 Å². The maximum Gasteiger partial charge on any atom is 0.350 e. The van der Waals surface area contributed by atoms with E-state index in [2.05, 4.69) is 17.0 Å². The molecule has 0 radical (unpaired) electrons. The molecule has 0 aliphatic carbocycles. The molecule has 3 heterocycles. The van der Waals surface area contributed by atoms with Crippen molar-refractivity contribution >= 4 is 17.0 Å². The summed E-state index contributed by atoms with van der Waals surface area (Å²) in [7, 11) is 0. The molecule has 0 atom stereocenters. The normalized spacial score (nSPS) is 11.2. The lowest BCUT2D eigenvalue weighted by atomic mass is 10.3. The number of fused-ring (bicyclic) bond motifs is 1. The second-order valence-corrected chi connectivity index (χ2v) is 5.29. The molecule has 3 rings (SSSR count). The molecule has 6 heteroatoms. The van der Waals surface area contributed by atoms with Crippen molar-refractivity contribution in [1.29, 1.82) is 0 Å². The van der Waals surface area contributed by atoms with Crippen LogP contribution in [0.15, 0.2) is 34.6 Å². The van der Waals surface area contributed by atoms with Crippen molar-refractivity contribution in [2.24, 2.45) is 0 Å². The molecule has 0 bridgehead atoms. The summed E-state index contributed by atoms with van der Waals surface area (Å²) in [4.78, 5) is 16.6. The zero-order chi connectivity index (χ0) is 13.2. The van der Waals surface area contributed by atoms with E-state index in [1.54, 1.807) is 21.9 Å². The number of aromatic nitrogens is 4. The highest BCUT2D eigenvalue weighted by atomic mass is 32.1. The van der Waals surface area contributed by atoms with Gasteiger partial charge in [0, 0.05) is 11.6 Å². The lowest BCUT2D eigenvalue weighted by Crippen LogP contribution is -2.21. The number of rotatable bonds is 4. The smallest absolute Gasteiger partial charge is 0.250 e. The highest BCUT2D eigenvalue weighted by Crippen LogP contribution is 2.12. The van der Waals surface area contributed by atoms with E-state index >= 15 is 0 Å². The number of hydrogen-bond donors (Lipinski definition) is 0. The quantitative estimate of drug-likeness (QED) is 0.730. The topological polar surface area (TPSA) is 52.2 Å². The van der Waals surface area contributed by atoms with Gasteiger partial charge >= 0.3 is 5.69 Å². The van der Waals surface area contributed by atoms with Gasteiger partial charge in [0.15, 0.2) is 5.65 Å². The lowest BCUT2D eigenvalue weighted by molar-refractivity contribution is 0.647. The maximum absolute atomic E-state index is 12.1. The van der Waals surface area contributed by atoms with Crippen LogP contribution in [0.25, 0.3) is 5.65 Å². The number of aryl methyl sites for hydroxylation is 1. The fraction of sp³-hybridized carbons (Fsp3) is 0.308. The SMILES string of the molecule is CCCc1nc(Cn2nc3ccccn3c2=O)cs1. The largest absolute Gasteiger partial charge is 0.350 e.